The van der Waals surface area contributed by atoms with E-state index in [0.717, 1.165) is 18.7 Å². The second-order valence-corrected chi connectivity index (χ2v) is 5.77. The molecule has 0 saturated carbocycles. The number of nitrogens with zero attached hydrogens (tertiary/aromatic N) is 2. The van der Waals surface area contributed by atoms with Crippen LogP contribution in [0.3, 0.4) is 0 Å². The number of aromatic nitrogens is 1. The van der Waals surface area contributed by atoms with Crippen molar-refractivity contribution in [2.45, 2.75) is 33.2 Å². The Labute approximate surface area is 132 Å². The van der Waals surface area contributed by atoms with E-state index < -0.39 is 0 Å². The summed E-state index contributed by atoms with van der Waals surface area (Å²) < 4.78 is 0. The molecule has 0 bridgehead atoms. The molecule has 1 fully saturated rings. The Balaban J connectivity index is 0.00000180. The summed E-state index contributed by atoms with van der Waals surface area (Å²) in [5, 5.41) is 0. The average molecular weight is 320 g/mol. The normalized spacial score (nSPS) is 20.6. The van der Waals surface area contributed by atoms with Gasteiger partial charge in [-0.05, 0) is 30.9 Å². The van der Waals surface area contributed by atoms with Gasteiger partial charge >= 0.3 is 0 Å². The Morgan fingerprint density at radius 2 is 2.05 bits per heavy atom. The lowest BCUT2D eigenvalue weighted by molar-refractivity contribution is 0.0527. The number of hydrogen-bond acceptors (Lipinski definition) is 3. The van der Waals surface area contributed by atoms with Crippen LogP contribution in [0.1, 0.15) is 36.5 Å². The maximum Gasteiger partial charge on any atom is 0.272 e. The van der Waals surface area contributed by atoms with Gasteiger partial charge in [-0.2, -0.15) is 0 Å². The monoisotopic (exact) mass is 319 g/mol. The summed E-state index contributed by atoms with van der Waals surface area (Å²) >= 11 is 0. The molecule has 1 amide bonds. The number of hydrogen-bond donors (Lipinski definition) is 1. The fourth-order valence-corrected chi connectivity index (χ4v) is 2.37. The standard InChI is InChI=1S/C14H21N3O.2ClH/c1-10-5-4-6-11(16-10)13(18)17-8-7-12(15)14(2,3)9-17;;/h4-6,12H,7-9,15H2,1-3H3;2*1H. The maximum atomic E-state index is 12.4. The molecule has 114 valence electrons. The second-order valence-electron chi connectivity index (χ2n) is 5.77. The molecule has 1 saturated heterocycles. The molecular weight excluding hydrogens is 297 g/mol. The summed E-state index contributed by atoms with van der Waals surface area (Å²) in [6.45, 7) is 7.54. The zero-order chi connectivity index (χ0) is 13.3. The van der Waals surface area contributed by atoms with E-state index in [1.165, 1.54) is 0 Å². The number of likely N-dealkylation sites (tertiary alicyclic amines) is 1. The van der Waals surface area contributed by atoms with Crippen LogP contribution in [0.25, 0.3) is 0 Å². The van der Waals surface area contributed by atoms with E-state index in [0.29, 0.717) is 12.2 Å². The fourth-order valence-electron chi connectivity index (χ4n) is 2.37. The number of carbonyl (C=O) groups is 1. The summed E-state index contributed by atoms with van der Waals surface area (Å²) in [6, 6.07) is 5.70. The third-order valence-corrected chi connectivity index (χ3v) is 3.71. The SMILES string of the molecule is Cc1cccc(C(=O)N2CCC(N)C(C)(C)C2)n1.Cl.Cl. The second kappa shape index (κ2) is 7.25. The molecule has 2 N–H and O–H groups in total. The third-order valence-electron chi connectivity index (χ3n) is 3.71. The van der Waals surface area contributed by atoms with Crippen molar-refractivity contribution in [2.24, 2.45) is 11.1 Å². The molecule has 2 rings (SSSR count). The number of amides is 1. The maximum absolute atomic E-state index is 12.4. The first-order chi connectivity index (χ1) is 8.40. The van der Waals surface area contributed by atoms with Crippen LogP contribution in [-0.2, 0) is 0 Å². The van der Waals surface area contributed by atoms with Gasteiger partial charge in [-0.25, -0.2) is 4.98 Å². The average Bonchev–Trinajstić information content (AvgIpc) is 2.31. The Morgan fingerprint density at radius 1 is 1.40 bits per heavy atom. The van der Waals surface area contributed by atoms with Crippen LogP contribution in [0.2, 0.25) is 0 Å². The number of carbonyl (C=O) groups excluding carboxylic acids is 1. The van der Waals surface area contributed by atoms with Gasteiger partial charge in [0.15, 0.2) is 0 Å². The minimum absolute atomic E-state index is 0. The van der Waals surface area contributed by atoms with Gasteiger partial charge in [-0.3, -0.25) is 4.79 Å². The number of halogens is 2. The number of nitrogens with two attached hydrogens (primary N) is 1. The molecule has 1 aromatic heterocycles. The van der Waals surface area contributed by atoms with Crippen molar-refractivity contribution in [3.05, 3.63) is 29.6 Å². The predicted octanol–water partition coefficient (Wildman–Crippen LogP) is 2.43. The number of pyridine rings is 1. The van der Waals surface area contributed by atoms with Gasteiger partial charge in [-0.1, -0.05) is 19.9 Å². The van der Waals surface area contributed by atoms with E-state index in [9.17, 15) is 4.79 Å². The summed E-state index contributed by atoms with van der Waals surface area (Å²) in [5.74, 6) is 0.0127. The van der Waals surface area contributed by atoms with E-state index in [4.69, 9.17) is 5.73 Å². The minimum Gasteiger partial charge on any atom is -0.337 e. The van der Waals surface area contributed by atoms with Gasteiger partial charge in [0.05, 0.1) is 0 Å². The van der Waals surface area contributed by atoms with E-state index in [1.54, 1.807) is 6.07 Å². The first kappa shape index (κ1) is 19.2. The molecule has 1 aliphatic rings. The number of rotatable bonds is 1. The molecule has 20 heavy (non-hydrogen) atoms. The molecule has 0 radical (unpaired) electrons. The zero-order valence-corrected chi connectivity index (χ0v) is 13.8. The summed E-state index contributed by atoms with van der Waals surface area (Å²) in [5.41, 5.74) is 7.45. The van der Waals surface area contributed by atoms with E-state index >= 15 is 0 Å². The molecule has 1 unspecified atom stereocenters. The van der Waals surface area contributed by atoms with Crippen LogP contribution in [0.5, 0.6) is 0 Å². The van der Waals surface area contributed by atoms with Crippen molar-refractivity contribution in [3.63, 3.8) is 0 Å². The van der Waals surface area contributed by atoms with Crippen LogP contribution in [0.15, 0.2) is 18.2 Å². The Kier molecular flexibility index (Phi) is 6.94. The molecule has 0 aromatic carbocycles. The summed E-state index contributed by atoms with van der Waals surface area (Å²) in [6.07, 6.45) is 0.852. The van der Waals surface area contributed by atoms with E-state index in [1.807, 2.05) is 24.0 Å². The van der Waals surface area contributed by atoms with E-state index in [-0.39, 0.29) is 42.2 Å². The topological polar surface area (TPSA) is 59.2 Å². The van der Waals surface area contributed by atoms with Gasteiger partial charge in [0.1, 0.15) is 5.69 Å². The molecule has 4 nitrogen and oxygen atoms in total. The van der Waals surface area contributed by atoms with Crippen LogP contribution >= 0.6 is 24.8 Å². The van der Waals surface area contributed by atoms with Gasteiger partial charge in [-0.15, -0.1) is 24.8 Å². The third kappa shape index (κ3) is 4.08. The highest BCUT2D eigenvalue weighted by molar-refractivity contribution is 5.92. The minimum atomic E-state index is -0.0300. The molecule has 6 heteroatoms. The highest BCUT2D eigenvalue weighted by Gasteiger charge is 2.35. The smallest absolute Gasteiger partial charge is 0.272 e. The molecular formula is C14H23Cl2N3O. The van der Waals surface area contributed by atoms with Crippen LogP contribution in [0, 0.1) is 12.3 Å². The Morgan fingerprint density at radius 3 is 2.60 bits per heavy atom. The Hall–Kier alpha value is -0.840. The van der Waals surface area contributed by atoms with E-state index in [2.05, 4.69) is 18.8 Å². The van der Waals surface area contributed by atoms with Crippen molar-refractivity contribution in [1.29, 1.82) is 0 Å². The van der Waals surface area contributed by atoms with Crippen molar-refractivity contribution < 1.29 is 4.79 Å². The van der Waals surface area contributed by atoms with Crippen LogP contribution in [-0.4, -0.2) is 34.9 Å². The van der Waals surface area contributed by atoms with Crippen molar-refractivity contribution in [3.8, 4) is 0 Å². The quantitative estimate of drug-likeness (QED) is 0.864. The summed E-state index contributed by atoms with van der Waals surface area (Å²) in [7, 11) is 0. The van der Waals surface area contributed by atoms with Gasteiger partial charge < -0.3 is 10.6 Å². The van der Waals surface area contributed by atoms with Crippen LogP contribution < -0.4 is 5.73 Å². The molecule has 1 aliphatic heterocycles. The summed E-state index contributed by atoms with van der Waals surface area (Å²) in [4.78, 5) is 18.5. The lowest BCUT2D eigenvalue weighted by atomic mass is 9.79. The van der Waals surface area contributed by atoms with Gasteiger partial charge in [0, 0.05) is 24.8 Å². The van der Waals surface area contributed by atoms with Gasteiger partial charge in [0.2, 0.25) is 0 Å². The molecule has 0 aliphatic carbocycles. The lowest BCUT2D eigenvalue weighted by Gasteiger charge is -2.42. The highest BCUT2D eigenvalue weighted by atomic mass is 35.5. The van der Waals surface area contributed by atoms with Crippen molar-refractivity contribution >= 4 is 30.7 Å². The van der Waals surface area contributed by atoms with Gasteiger partial charge in [0.25, 0.3) is 5.91 Å². The molecule has 0 spiro atoms. The predicted molar refractivity (Wildman–Crippen MR) is 85.7 cm³/mol. The number of aryl methyl sites for hydroxylation is 1. The highest BCUT2D eigenvalue weighted by Crippen LogP contribution is 2.28. The molecule has 2 heterocycles. The molecule has 1 atom stereocenters. The first-order valence-electron chi connectivity index (χ1n) is 6.39. The zero-order valence-electron chi connectivity index (χ0n) is 12.1. The first-order valence-corrected chi connectivity index (χ1v) is 6.39. The lowest BCUT2D eigenvalue weighted by Crippen LogP contribution is -2.54. The van der Waals surface area contributed by atoms with Crippen LogP contribution in [0.4, 0.5) is 0 Å². The van der Waals surface area contributed by atoms with Crippen molar-refractivity contribution in [2.75, 3.05) is 13.1 Å². The Bertz CT molecular complexity index is 465. The molecule has 1 aromatic rings. The fraction of sp³-hybridized carbons (Fsp3) is 0.571. The number of piperidine rings is 1. The largest absolute Gasteiger partial charge is 0.337 e. The van der Waals surface area contributed by atoms with Crippen molar-refractivity contribution in [1.82, 2.24) is 9.88 Å².